The number of nitrogens with one attached hydrogen (secondary N) is 2. The number of hydrogen-bond acceptors (Lipinski definition) is 4. The van der Waals surface area contributed by atoms with E-state index in [-0.39, 0.29) is 6.04 Å². The van der Waals surface area contributed by atoms with Gasteiger partial charge in [0.25, 0.3) is 0 Å². The lowest BCUT2D eigenvalue weighted by Crippen LogP contribution is -2.11. The van der Waals surface area contributed by atoms with Crippen molar-refractivity contribution in [2.75, 3.05) is 16.3 Å². The summed E-state index contributed by atoms with van der Waals surface area (Å²) in [6, 6.07) is 13.6. The molecule has 2 aromatic rings. The van der Waals surface area contributed by atoms with Gasteiger partial charge in [-0.2, -0.15) is 0 Å². The van der Waals surface area contributed by atoms with Crippen LogP contribution in [0.3, 0.4) is 0 Å². The molecule has 1 aromatic heterocycles. The maximum Gasteiger partial charge on any atom is 0.229 e. The lowest BCUT2D eigenvalue weighted by atomic mass is 10.1. The summed E-state index contributed by atoms with van der Waals surface area (Å²) in [4.78, 5) is 4.19. The predicted octanol–water partition coefficient (Wildman–Crippen LogP) is 2.63. The van der Waals surface area contributed by atoms with Gasteiger partial charge in [-0.25, -0.2) is 13.4 Å². The topological polar surface area (TPSA) is 71.1 Å². The van der Waals surface area contributed by atoms with Gasteiger partial charge in [0.15, 0.2) is 0 Å². The van der Waals surface area contributed by atoms with Crippen LogP contribution in [0.2, 0.25) is 0 Å². The van der Waals surface area contributed by atoms with E-state index in [9.17, 15) is 8.42 Å². The molecule has 1 heterocycles. The van der Waals surface area contributed by atoms with E-state index in [0.29, 0.717) is 11.5 Å². The number of nitrogens with zero attached hydrogens (tertiary/aromatic N) is 1. The summed E-state index contributed by atoms with van der Waals surface area (Å²) in [6.45, 7) is 2.04. The van der Waals surface area contributed by atoms with E-state index in [1.165, 1.54) is 6.20 Å². The molecule has 1 atom stereocenters. The fraction of sp³-hybridized carbons (Fsp3) is 0.214. The lowest BCUT2D eigenvalue weighted by molar-refractivity contribution is 0.607. The summed E-state index contributed by atoms with van der Waals surface area (Å²) >= 11 is 0. The average molecular weight is 291 g/mol. The van der Waals surface area contributed by atoms with Gasteiger partial charge < -0.3 is 5.32 Å². The number of aromatic nitrogens is 1. The third kappa shape index (κ3) is 4.24. The van der Waals surface area contributed by atoms with Crippen LogP contribution >= 0.6 is 0 Å². The lowest BCUT2D eigenvalue weighted by Gasteiger charge is -2.15. The van der Waals surface area contributed by atoms with Gasteiger partial charge in [-0.05, 0) is 24.6 Å². The Hall–Kier alpha value is -2.08. The first-order valence-corrected chi connectivity index (χ1v) is 8.08. The van der Waals surface area contributed by atoms with Crippen molar-refractivity contribution in [3.63, 3.8) is 0 Å². The molecule has 0 saturated carbocycles. The monoisotopic (exact) mass is 291 g/mol. The minimum Gasteiger partial charge on any atom is -0.364 e. The molecule has 20 heavy (non-hydrogen) atoms. The number of rotatable bonds is 5. The number of pyridine rings is 1. The minimum absolute atomic E-state index is 0.123. The van der Waals surface area contributed by atoms with Crippen LogP contribution < -0.4 is 10.0 Å². The average Bonchev–Trinajstić information content (AvgIpc) is 2.40. The van der Waals surface area contributed by atoms with E-state index in [4.69, 9.17) is 0 Å². The van der Waals surface area contributed by atoms with E-state index in [2.05, 4.69) is 15.0 Å². The largest absolute Gasteiger partial charge is 0.364 e. The van der Waals surface area contributed by atoms with Gasteiger partial charge in [0.05, 0.1) is 18.1 Å². The second-order valence-electron chi connectivity index (χ2n) is 4.58. The molecule has 0 fully saturated rings. The maximum atomic E-state index is 11.1. The van der Waals surface area contributed by atoms with Gasteiger partial charge in [-0.1, -0.05) is 30.3 Å². The Labute approximate surface area is 119 Å². The highest BCUT2D eigenvalue weighted by Gasteiger charge is 2.06. The number of hydrogen-bond donors (Lipinski definition) is 2. The van der Waals surface area contributed by atoms with Gasteiger partial charge in [0, 0.05) is 6.04 Å². The molecule has 5 nitrogen and oxygen atoms in total. The molecular weight excluding hydrogens is 274 g/mol. The van der Waals surface area contributed by atoms with Crippen molar-refractivity contribution in [2.24, 2.45) is 0 Å². The molecule has 0 aliphatic heterocycles. The van der Waals surface area contributed by atoms with Gasteiger partial charge >= 0.3 is 0 Å². The molecule has 0 saturated heterocycles. The van der Waals surface area contributed by atoms with Crippen LogP contribution in [-0.4, -0.2) is 19.7 Å². The van der Waals surface area contributed by atoms with Crippen molar-refractivity contribution in [3.05, 3.63) is 54.2 Å². The fourth-order valence-electron chi connectivity index (χ4n) is 1.80. The second-order valence-corrected chi connectivity index (χ2v) is 6.33. The van der Waals surface area contributed by atoms with Gasteiger partial charge in [0.1, 0.15) is 5.82 Å². The molecular formula is C14H17N3O2S. The molecule has 0 bridgehead atoms. The smallest absolute Gasteiger partial charge is 0.229 e. The van der Waals surface area contributed by atoms with Crippen LogP contribution in [0.1, 0.15) is 18.5 Å². The molecule has 1 unspecified atom stereocenters. The summed E-state index contributed by atoms with van der Waals surface area (Å²) in [5.74, 6) is 0.695. The predicted molar refractivity (Wildman–Crippen MR) is 81.2 cm³/mol. The van der Waals surface area contributed by atoms with Crippen molar-refractivity contribution in [3.8, 4) is 0 Å². The number of anilines is 2. The standard InChI is InChI=1S/C14H17N3O2S/c1-11(12-6-4-3-5-7-12)16-14-9-8-13(10-15-14)17-20(2,18)19/h3-11,17H,1-2H3,(H,15,16). The van der Waals surface area contributed by atoms with Crippen LogP contribution in [0.25, 0.3) is 0 Å². The molecule has 2 N–H and O–H groups in total. The highest BCUT2D eigenvalue weighted by atomic mass is 32.2. The van der Waals surface area contributed by atoms with Crippen LogP contribution in [0.15, 0.2) is 48.7 Å². The second kappa shape index (κ2) is 5.92. The SMILES string of the molecule is CC(Nc1ccc(NS(C)(=O)=O)cn1)c1ccccc1. The fourth-order valence-corrected chi connectivity index (χ4v) is 2.35. The van der Waals surface area contributed by atoms with E-state index < -0.39 is 10.0 Å². The summed E-state index contributed by atoms with van der Waals surface area (Å²) in [7, 11) is -3.27. The number of benzene rings is 1. The van der Waals surface area contributed by atoms with Crippen molar-refractivity contribution >= 4 is 21.5 Å². The third-order valence-electron chi connectivity index (χ3n) is 2.73. The highest BCUT2D eigenvalue weighted by Crippen LogP contribution is 2.18. The quantitative estimate of drug-likeness (QED) is 0.888. The molecule has 2 rings (SSSR count). The van der Waals surface area contributed by atoms with Crippen molar-refractivity contribution in [1.82, 2.24) is 4.98 Å². The molecule has 0 radical (unpaired) electrons. The summed E-state index contributed by atoms with van der Waals surface area (Å²) < 4.78 is 24.6. The zero-order valence-electron chi connectivity index (χ0n) is 11.4. The van der Waals surface area contributed by atoms with Crippen molar-refractivity contribution in [2.45, 2.75) is 13.0 Å². The Morgan fingerprint density at radius 2 is 1.80 bits per heavy atom. The van der Waals surface area contributed by atoms with Gasteiger partial charge in [-0.15, -0.1) is 0 Å². The molecule has 0 aliphatic rings. The highest BCUT2D eigenvalue weighted by molar-refractivity contribution is 7.92. The Kier molecular flexibility index (Phi) is 4.24. The maximum absolute atomic E-state index is 11.1. The van der Waals surface area contributed by atoms with Crippen LogP contribution in [0, 0.1) is 0 Å². The number of sulfonamides is 1. The third-order valence-corrected chi connectivity index (χ3v) is 3.34. The zero-order valence-corrected chi connectivity index (χ0v) is 12.2. The van der Waals surface area contributed by atoms with Gasteiger partial charge in [0.2, 0.25) is 10.0 Å². The van der Waals surface area contributed by atoms with Crippen LogP contribution in [0.5, 0.6) is 0 Å². The molecule has 106 valence electrons. The summed E-state index contributed by atoms with van der Waals surface area (Å²) in [5.41, 5.74) is 1.61. The Morgan fingerprint density at radius 1 is 1.10 bits per heavy atom. The van der Waals surface area contributed by atoms with Crippen molar-refractivity contribution < 1.29 is 8.42 Å². The Morgan fingerprint density at radius 3 is 2.35 bits per heavy atom. The molecule has 0 aliphatic carbocycles. The normalized spacial score (nSPS) is 12.7. The minimum atomic E-state index is -3.27. The molecule has 1 aromatic carbocycles. The van der Waals surface area contributed by atoms with Gasteiger partial charge in [-0.3, -0.25) is 4.72 Å². The summed E-state index contributed by atoms with van der Waals surface area (Å²) in [6.07, 6.45) is 2.59. The van der Waals surface area contributed by atoms with E-state index in [1.54, 1.807) is 12.1 Å². The molecule has 0 spiro atoms. The van der Waals surface area contributed by atoms with E-state index >= 15 is 0 Å². The Balaban J connectivity index is 2.04. The Bertz CT molecular complexity index is 655. The summed E-state index contributed by atoms with van der Waals surface area (Å²) in [5, 5.41) is 3.26. The molecule has 6 heteroatoms. The first-order valence-electron chi connectivity index (χ1n) is 6.19. The van der Waals surface area contributed by atoms with Crippen molar-refractivity contribution in [1.29, 1.82) is 0 Å². The van der Waals surface area contributed by atoms with Crippen LogP contribution in [0.4, 0.5) is 11.5 Å². The van der Waals surface area contributed by atoms with E-state index in [1.807, 2.05) is 37.3 Å². The van der Waals surface area contributed by atoms with Crippen LogP contribution in [-0.2, 0) is 10.0 Å². The van der Waals surface area contributed by atoms with E-state index in [0.717, 1.165) is 11.8 Å². The first-order chi connectivity index (χ1) is 9.44. The first kappa shape index (κ1) is 14.3. The molecule has 0 amide bonds. The zero-order chi connectivity index (χ0) is 14.6.